The number of nitrogens with one attached hydrogen (secondary N) is 1. The molecule has 23 heavy (non-hydrogen) atoms. The molecule has 0 amide bonds. The number of aromatic nitrogens is 4. The molecule has 3 rings (SSSR count). The van der Waals surface area contributed by atoms with Crippen LogP contribution in [0.4, 0.5) is 5.95 Å². The third-order valence-corrected chi connectivity index (χ3v) is 3.31. The second kappa shape index (κ2) is 5.38. The fourth-order valence-corrected chi connectivity index (χ4v) is 2.23. The van der Waals surface area contributed by atoms with E-state index in [1.54, 1.807) is 26.2 Å². The van der Waals surface area contributed by atoms with Crippen molar-refractivity contribution in [3.05, 3.63) is 35.9 Å². The third kappa shape index (κ3) is 3.15. The lowest BCUT2D eigenvalue weighted by Crippen LogP contribution is -2.14. The van der Waals surface area contributed by atoms with Gasteiger partial charge in [0.15, 0.2) is 0 Å². The third-order valence-electron chi connectivity index (χ3n) is 3.31. The molecule has 0 radical (unpaired) electrons. The molecule has 6 heteroatoms. The molecule has 0 saturated carbocycles. The van der Waals surface area contributed by atoms with Gasteiger partial charge in [0.25, 0.3) is 0 Å². The molecule has 3 aromatic rings. The monoisotopic (exact) mass is 307 g/mol. The summed E-state index contributed by atoms with van der Waals surface area (Å²) >= 11 is 0. The highest BCUT2D eigenvalue weighted by Gasteiger charge is 2.12. The quantitative estimate of drug-likeness (QED) is 0.597. The molecule has 6 nitrogen and oxygen atoms in total. The molecule has 0 aliphatic carbocycles. The van der Waals surface area contributed by atoms with Crippen molar-refractivity contribution in [1.29, 1.82) is 0 Å². The van der Waals surface area contributed by atoms with E-state index in [-0.39, 0.29) is 5.95 Å². The summed E-state index contributed by atoms with van der Waals surface area (Å²) in [6.07, 6.45) is 5.29. The van der Waals surface area contributed by atoms with Gasteiger partial charge in [-0.1, -0.05) is 5.92 Å². The fourth-order valence-electron chi connectivity index (χ4n) is 2.23. The van der Waals surface area contributed by atoms with E-state index in [4.69, 9.17) is 5.73 Å². The molecule has 0 aliphatic heterocycles. The minimum Gasteiger partial charge on any atom is -0.378 e. The number of anilines is 1. The predicted molar refractivity (Wildman–Crippen MR) is 89.4 cm³/mol. The molecule has 3 heterocycles. The van der Waals surface area contributed by atoms with Crippen molar-refractivity contribution in [2.45, 2.75) is 26.4 Å². The van der Waals surface area contributed by atoms with Gasteiger partial charge in [-0.05, 0) is 38.3 Å². The van der Waals surface area contributed by atoms with Gasteiger partial charge in [-0.3, -0.25) is 0 Å². The van der Waals surface area contributed by atoms with E-state index in [1.807, 2.05) is 19.2 Å². The zero-order valence-corrected chi connectivity index (χ0v) is 13.2. The summed E-state index contributed by atoms with van der Waals surface area (Å²) in [6, 6.07) is 1.87. The Labute approximate surface area is 133 Å². The average Bonchev–Trinajstić information content (AvgIpc) is 2.90. The smallest absolute Gasteiger partial charge is 0.220 e. The van der Waals surface area contributed by atoms with Crippen LogP contribution in [0.5, 0.6) is 0 Å². The molecular weight excluding hydrogens is 290 g/mol. The highest BCUT2D eigenvalue weighted by molar-refractivity contribution is 5.95. The lowest BCUT2D eigenvalue weighted by molar-refractivity contribution is 0.143. The molecule has 4 N–H and O–H groups in total. The molecule has 0 atom stereocenters. The second-order valence-corrected chi connectivity index (χ2v) is 5.89. The summed E-state index contributed by atoms with van der Waals surface area (Å²) in [5, 5.41) is 10.7. The van der Waals surface area contributed by atoms with Crippen molar-refractivity contribution < 1.29 is 5.11 Å². The Bertz CT molecular complexity index is 941. The van der Waals surface area contributed by atoms with Gasteiger partial charge in [-0.15, -0.1) is 0 Å². The number of aryl methyl sites for hydroxylation is 1. The van der Waals surface area contributed by atoms with E-state index in [0.29, 0.717) is 5.69 Å². The van der Waals surface area contributed by atoms with Gasteiger partial charge < -0.3 is 15.8 Å². The second-order valence-electron chi connectivity index (χ2n) is 5.89. The Morgan fingerprint density at radius 2 is 2.04 bits per heavy atom. The predicted octanol–water partition coefficient (Wildman–Crippen LogP) is 2.03. The number of nitrogens with zero attached hydrogens (tertiary/aromatic N) is 3. The van der Waals surface area contributed by atoms with E-state index in [2.05, 4.69) is 31.8 Å². The molecule has 0 unspecified atom stereocenters. The Morgan fingerprint density at radius 1 is 1.26 bits per heavy atom. The SMILES string of the molecule is Cc1cnc(N)nc1-c1c[nH]c2cnc(C#CC(C)(C)O)cc12. The number of aromatic amines is 1. The van der Waals surface area contributed by atoms with Crippen LogP contribution in [0.15, 0.2) is 24.7 Å². The molecule has 0 bridgehead atoms. The zero-order valence-electron chi connectivity index (χ0n) is 13.2. The molecule has 0 spiro atoms. The van der Waals surface area contributed by atoms with Crippen LogP contribution < -0.4 is 5.73 Å². The van der Waals surface area contributed by atoms with Crippen LogP contribution >= 0.6 is 0 Å². The van der Waals surface area contributed by atoms with Crippen molar-refractivity contribution >= 4 is 16.9 Å². The van der Waals surface area contributed by atoms with E-state index in [9.17, 15) is 5.11 Å². The first-order valence-electron chi connectivity index (χ1n) is 7.16. The first-order valence-corrected chi connectivity index (χ1v) is 7.16. The van der Waals surface area contributed by atoms with Crippen molar-refractivity contribution in [2.24, 2.45) is 0 Å². The van der Waals surface area contributed by atoms with E-state index in [0.717, 1.165) is 27.7 Å². The number of fused-ring (bicyclic) bond motifs is 1. The van der Waals surface area contributed by atoms with Gasteiger partial charge in [0.1, 0.15) is 11.3 Å². The van der Waals surface area contributed by atoms with E-state index in [1.165, 1.54) is 0 Å². The fraction of sp³-hybridized carbons (Fsp3) is 0.235. The summed E-state index contributed by atoms with van der Waals surface area (Å²) in [5.74, 6) is 5.88. The summed E-state index contributed by atoms with van der Waals surface area (Å²) in [4.78, 5) is 15.8. The van der Waals surface area contributed by atoms with Gasteiger partial charge in [0.05, 0.1) is 17.4 Å². The number of hydrogen-bond donors (Lipinski definition) is 3. The number of nitrogen functional groups attached to an aromatic ring is 1. The van der Waals surface area contributed by atoms with Gasteiger partial charge in [0, 0.05) is 23.3 Å². The minimum absolute atomic E-state index is 0.232. The van der Waals surface area contributed by atoms with Crippen LogP contribution in [0.2, 0.25) is 0 Å². The van der Waals surface area contributed by atoms with E-state index < -0.39 is 5.60 Å². The Hall–Kier alpha value is -2.91. The van der Waals surface area contributed by atoms with Crippen molar-refractivity contribution in [1.82, 2.24) is 19.9 Å². The van der Waals surface area contributed by atoms with Crippen LogP contribution in [-0.2, 0) is 0 Å². The first kappa shape index (κ1) is 15.0. The molecule has 0 aliphatic rings. The van der Waals surface area contributed by atoms with Gasteiger partial charge in [0.2, 0.25) is 5.95 Å². The minimum atomic E-state index is -1.06. The zero-order chi connectivity index (χ0) is 16.6. The maximum absolute atomic E-state index is 9.71. The van der Waals surface area contributed by atoms with Crippen molar-refractivity contribution in [3.8, 4) is 23.1 Å². The van der Waals surface area contributed by atoms with Crippen molar-refractivity contribution in [3.63, 3.8) is 0 Å². The standard InChI is InChI=1S/C17H17N5O/c1-10-7-21-16(18)22-15(10)13-8-20-14-9-19-11(6-12(13)14)4-5-17(2,3)23/h6-9,20,23H,1-3H3,(H2,18,21,22). The van der Waals surface area contributed by atoms with Crippen LogP contribution in [-0.4, -0.2) is 30.6 Å². The van der Waals surface area contributed by atoms with Crippen LogP contribution in [0.25, 0.3) is 22.2 Å². The van der Waals surface area contributed by atoms with Gasteiger partial charge in [-0.25, -0.2) is 15.0 Å². The topological polar surface area (TPSA) is 101 Å². The summed E-state index contributed by atoms with van der Waals surface area (Å²) in [5.41, 5.74) is 8.73. The highest BCUT2D eigenvalue weighted by Crippen LogP contribution is 2.29. The summed E-state index contributed by atoms with van der Waals surface area (Å²) in [7, 11) is 0. The first-order chi connectivity index (χ1) is 10.8. The normalized spacial score (nSPS) is 11.3. The van der Waals surface area contributed by atoms with Gasteiger partial charge >= 0.3 is 0 Å². The molecule has 116 valence electrons. The summed E-state index contributed by atoms with van der Waals surface area (Å²) in [6.45, 7) is 5.20. The Balaban J connectivity index is 2.15. The van der Waals surface area contributed by atoms with Crippen molar-refractivity contribution in [2.75, 3.05) is 5.73 Å². The van der Waals surface area contributed by atoms with Gasteiger partial charge in [-0.2, -0.15) is 0 Å². The number of rotatable bonds is 1. The average molecular weight is 307 g/mol. The lowest BCUT2D eigenvalue weighted by atomic mass is 10.1. The molecule has 3 aromatic heterocycles. The van der Waals surface area contributed by atoms with E-state index >= 15 is 0 Å². The molecular formula is C17H17N5O. The Morgan fingerprint density at radius 3 is 2.78 bits per heavy atom. The molecule has 0 fully saturated rings. The largest absolute Gasteiger partial charge is 0.378 e. The Kier molecular flexibility index (Phi) is 3.51. The van der Waals surface area contributed by atoms with Crippen LogP contribution in [0.3, 0.4) is 0 Å². The lowest BCUT2D eigenvalue weighted by Gasteiger charge is -2.06. The maximum Gasteiger partial charge on any atom is 0.220 e. The molecule has 0 saturated heterocycles. The number of aliphatic hydroxyl groups is 1. The van der Waals surface area contributed by atoms with Crippen LogP contribution in [0, 0.1) is 18.8 Å². The van der Waals surface area contributed by atoms with Crippen LogP contribution in [0.1, 0.15) is 25.1 Å². The number of hydrogen-bond acceptors (Lipinski definition) is 5. The number of nitrogens with two attached hydrogens (primary N) is 1. The molecule has 0 aromatic carbocycles. The number of H-pyrrole nitrogens is 1. The summed E-state index contributed by atoms with van der Waals surface area (Å²) < 4.78 is 0. The number of pyridine rings is 1. The maximum atomic E-state index is 9.71. The highest BCUT2D eigenvalue weighted by atomic mass is 16.3.